The number of carbonyl (C=O) groups is 1. The lowest BCUT2D eigenvalue weighted by atomic mass is 10.1. The Morgan fingerprint density at radius 3 is 2.64 bits per heavy atom. The Labute approximate surface area is 83.9 Å². The second-order valence-corrected chi connectivity index (χ2v) is 3.10. The summed E-state index contributed by atoms with van der Waals surface area (Å²) in [5.74, 6) is -0.724. The Morgan fingerprint density at radius 2 is 2.00 bits per heavy atom. The molecule has 0 amide bonds. The zero-order valence-corrected chi connectivity index (χ0v) is 8.02. The SMILES string of the molecule is O=C(O)CCC/C=C\c1ccccc1. The van der Waals surface area contributed by atoms with Gasteiger partial charge in [0.05, 0.1) is 0 Å². The van der Waals surface area contributed by atoms with Crippen LogP contribution in [0.5, 0.6) is 0 Å². The number of hydrogen-bond acceptors (Lipinski definition) is 1. The number of carboxylic acids is 1. The first-order valence-corrected chi connectivity index (χ1v) is 4.72. The van der Waals surface area contributed by atoms with Crippen LogP contribution in [0.2, 0.25) is 0 Å². The van der Waals surface area contributed by atoms with Crippen molar-refractivity contribution < 1.29 is 9.90 Å². The van der Waals surface area contributed by atoms with Crippen LogP contribution < -0.4 is 0 Å². The molecular formula is C12H14O2. The van der Waals surface area contributed by atoms with Gasteiger partial charge in [0.1, 0.15) is 0 Å². The quantitative estimate of drug-likeness (QED) is 0.725. The smallest absolute Gasteiger partial charge is 0.303 e. The molecule has 2 nitrogen and oxygen atoms in total. The molecular weight excluding hydrogens is 176 g/mol. The summed E-state index contributed by atoms with van der Waals surface area (Å²) in [6, 6.07) is 9.98. The summed E-state index contributed by atoms with van der Waals surface area (Å²) < 4.78 is 0. The molecule has 0 saturated carbocycles. The Hall–Kier alpha value is -1.57. The van der Waals surface area contributed by atoms with E-state index in [-0.39, 0.29) is 6.42 Å². The van der Waals surface area contributed by atoms with Crippen molar-refractivity contribution in [2.24, 2.45) is 0 Å². The lowest BCUT2D eigenvalue weighted by Crippen LogP contribution is -1.92. The van der Waals surface area contributed by atoms with Crippen LogP contribution in [0.4, 0.5) is 0 Å². The van der Waals surface area contributed by atoms with Crippen LogP contribution in [0.3, 0.4) is 0 Å². The standard InChI is InChI=1S/C12H14O2/c13-12(14)10-6-2-5-9-11-7-3-1-4-8-11/h1,3-5,7-9H,2,6,10H2,(H,13,14)/b9-5-. The molecule has 0 aliphatic carbocycles. The van der Waals surface area contributed by atoms with E-state index in [0.29, 0.717) is 6.42 Å². The van der Waals surface area contributed by atoms with E-state index in [0.717, 1.165) is 12.0 Å². The average molecular weight is 190 g/mol. The van der Waals surface area contributed by atoms with Crippen molar-refractivity contribution in [3.63, 3.8) is 0 Å². The van der Waals surface area contributed by atoms with Gasteiger partial charge in [-0.25, -0.2) is 0 Å². The van der Waals surface area contributed by atoms with Crippen molar-refractivity contribution in [1.82, 2.24) is 0 Å². The van der Waals surface area contributed by atoms with Gasteiger partial charge in [0.2, 0.25) is 0 Å². The summed E-state index contributed by atoms with van der Waals surface area (Å²) in [4.78, 5) is 10.2. The Morgan fingerprint density at radius 1 is 1.29 bits per heavy atom. The van der Waals surface area contributed by atoms with Crippen LogP contribution in [-0.2, 0) is 4.79 Å². The van der Waals surface area contributed by atoms with E-state index in [9.17, 15) is 4.79 Å². The molecule has 0 heterocycles. The highest BCUT2D eigenvalue weighted by Gasteiger charge is 1.93. The Balaban J connectivity index is 2.25. The van der Waals surface area contributed by atoms with E-state index in [1.807, 2.05) is 42.5 Å². The Bertz CT molecular complexity index is 301. The van der Waals surface area contributed by atoms with Gasteiger partial charge in [-0.2, -0.15) is 0 Å². The van der Waals surface area contributed by atoms with Crippen molar-refractivity contribution in [2.75, 3.05) is 0 Å². The maximum Gasteiger partial charge on any atom is 0.303 e. The maximum atomic E-state index is 10.2. The predicted molar refractivity (Wildman–Crippen MR) is 57.0 cm³/mol. The van der Waals surface area contributed by atoms with Gasteiger partial charge in [-0.3, -0.25) is 4.79 Å². The van der Waals surface area contributed by atoms with Gasteiger partial charge in [-0.05, 0) is 18.4 Å². The van der Waals surface area contributed by atoms with Crippen LogP contribution in [0.15, 0.2) is 36.4 Å². The molecule has 0 fully saturated rings. The minimum atomic E-state index is -0.724. The van der Waals surface area contributed by atoms with Crippen LogP contribution in [0.1, 0.15) is 24.8 Å². The molecule has 0 unspecified atom stereocenters. The van der Waals surface area contributed by atoms with Crippen LogP contribution >= 0.6 is 0 Å². The van der Waals surface area contributed by atoms with E-state index < -0.39 is 5.97 Å². The number of rotatable bonds is 5. The number of allylic oxidation sites excluding steroid dienone is 1. The first kappa shape index (κ1) is 10.5. The van der Waals surface area contributed by atoms with Gasteiger partial charge >= 0.3 is 5.97 Å². The minimum Gasteiger partial charge on any atom is -0.481 e. The number of carboxylic acid groups (broad SMARTS) is 1. The molecule has 2 heteroatoms. The fraction of sp³-hybridized carbons (Fsp3) is 0.250. The fourth-order valence-corrected chi connectivity index (χ4v) is 1.15. The van der Waals surface area contributed by atoms with Gasteiger partial charge < -0.3 is 5.11 Å². The van der Waals surface area contributed by atoms with Crippen molar-refractivity contribution in [2.45, 2.75) is 19.3 Å². The highest BCUT2D eigenvalue weighted by Crippen LogP contribution is 2.03. The lowest BCUT2D eigenvalue weighted by Gasteiger charge is -1.92. The van der Waals surface area contributed by atoms with Crippen molar-refractivity contribution in [3.05, 3.63) is 42.0 Å². The molecule has 74 valence electrons. The van der Waals surface area contributed by atoms with Gasteiger partial charge in [0.15, 0.2) is 0 Å². The predicted octanol–water partition coefficient (Wildman–Crippen LogP) is 2.95. The topological polar surface area (TPSA) is 37.3 Å². The van der Waals surface area contributed by atoms with E-state index in [1.54, 1.807) is 0 Å². The van der Waals surface area contributed by atoms with E-state index in [4.69, 9.17) is 5.11 Å². The zero-order valence-electron chi connectivity index (χ0n) is 8.02. The molecule has 0 aliphatic rings. The largest absolute Gasteiger partial charge is 0.481 e. The highest BCUT2D eigenvalue weighted by atomic mass is 16.4. The normalized spacial score (nSPS) is 10.6. The molecule has 14 heavy (non-hydrogen) atoms. The summed E-state index contributed by atoms with van der Waals surface area (Å²) in [5.41, 5.74) is 1.16. The maximum absolute atomic E-state index is 10.2. The first-order chi connectivity index (χ1) is 6.79. The number of aliphatic carboxylic acids is 1. The molecule has 0 atom stereocenters. The van der Waals surface area contributed by atoms with E-state index in [2.05, 4.69) is 0 Å². The molecule has 1 aromatic rings. The average Bonchev–Trinajstić information content (AvgIpc) is 2.18. The van der Waals surface area contributed by atoms with Crippen molar-refractivity contribution in [1.29, 1.82) is 0 Å². The number of unbranched alkanes of at least 4 members (excludes halogenated alkanes) is 1. The second kappa shape index (κ2) is 5.97. The van der Waals surface area contributed by atoms with Crippen LogP contribution in [-0.4, -0.2) is 11.1 Å². The molecule has 1 aromatic carbocycles. The van der Waals surface area contributed by atoms with Gasteiger partial charge in [0.25, 0.3) is 0 Å². The molecule has 0 saturated heterocycles. The summed E-state index contributed by atoms with van der Waals surface area (Å²) >= 11 is 0. The zero-order chi connectivity index (χ0) is 10.2. The fourth-order valence-electron chi connectivity index (χ4n) is 1.15. The third-order valence-corrected chi connectivity index (χ3v) is 1.87. The monoisotopic (exact) mass is 190 g/mol. The number of hydrogen-bond donors (Lipinski definition) is 1. The number of benzene rings is 1. The third kappa shape index (κ3) is 4.45. The summed E-state index contributed by atoms with van der Waals surface area (Å²) in [5, 5.41) is 8.41. The minimum absolute atomic E-state index is 0.249. The summed E-state index contributed by atoms with van der Waals surface area (Å²) in [6.07, 6.45) is 5.80. The molecule has 1 rings (SSSR count). The highest BCUT2D eigenvalue weighted by molar-refractivity contribution is 5.66. The Kier molecular flexibility index (Phi) is 4.48. The third-order valence-electron chi connectivity index (χ3n) is 1.87. The van der Waals surface area contributed by atoms with E-state index >= 15 is 0 Å². The van der Waals surface area contributed by atoms with Crippen molar-refractivity contribution >= 4 is 12.0 Å². The van der Waals surface area contributed by atoms with Crippen LogP contribution in [0, 0.1) is 0 Å². The molecule has 0 aliphatic heterocycles. The van der Waals surface area contributed by atoms with E-state index in [1.165, 1.54) is 0 Å². The summed E-state index contributed by atoms with van der Waals surface area (Å²) in [6.45, 7) is 0. The lowest BCUT2D eigenvalue weighted by molar-refractivity contribution is -0.137. The molecule has 0 bridgehead atoms. The van der Waals surface area contributed by atoms with Gasteiger partial charge in [-0.15, -0.1) is 0 Å². The molecule has 0 aromatic heterocycles. The second-order valence-electron chi connectivity index (χ2n) is 3.10. The summed E-state index contributed by atoms with van der Waals surface area (Å²) in [7, 11) is 0. The van der Waals surface area contributed by atoms with Crippen molar-refractivity contribution in [3.8, 4) is 0 Å². The molecule has 0 spiro atoms. The van der Waals surface area contributed by atoms with Crippen LogP contribution in [0.25, 0.3) is 6.08 Å². The van der Waals surface area contributed by atoms with Gasteiger partial charge in [-0.1, -0.05) is 42.5 Å². The van der Waals surface area contributed by atoms with Gasteiger partial charge in [0, 0.05) is 6.42 Å². The first-order valence-electron chi connectivity index (χ1n) is 4.72. The molecule has 0 radical (unpaired) electrons. The molecule has 1 N–H and O–H groups in total.